The molecular formula is C23H44N2O3. The van der Waals surface area contributed by atoms with Gasteiger partial charge in [0.05, 0.1) is 0 Å². The average Bonchev–Trinajstić information content (AvgIpc) is 2.64. The molecule has 0 bridgehead atoms. The number of carbonyl (C=O) groups excluding carboxylic acids is 1. The number of rotatable bonds is 19. The van der Waals surface area contributed by atoms with Crippen LogP contribution in [0.2, 0.25) is 0 Å². The number of carboxylic acid groups (broad SMARTS) is 1. The van der Waals surface area contributed by atoms with E-state index in [0.29, 0.717) is 19.4 Å². The highest BCUT2D eigenvalue weighted by atomic mass is 16.4. The second-order valence-corrected chi connectivity index (χ2v) is 7.94. The van der Waals surface area contributed by atoms with Crippen molar-refractivity contribution < 1.29 is 14.7 Å². The van der Waals surface area contributed by atoms with Crippen LogP contribution in [0.5, 0.6) is 0 Å². The number of carboxylic acids is 1. The summed E-state index contributed by atoms with van der Waals surface area (Å²) in [5.74, 6) is -0.655. The number of hydrogen-bond donors (Lipinski definition) is 2. The van der Waals surface area contributed by atoms with Crippen molar-refractivity contribution in [2.45, 2.75) is 103 Å². The van der Waals surface area contributed by atoms with Crippen molar-refractivity contribution in [2.24, 2.45) is 0 Å². The van der Waals surface area contributed by atoms with Gasteiger partial charge in [0.1, 0.15) is 6.04 Å². The molecule has 5 heteroatoms. The molecule has 0 saturated carbocycles. The third kappa shape index (κ3) is 16.8. The number of hydrogen-bond acceptors (Lipinski definition) is 3. The Bertz CT molecular complexity index is 422. The average molecular weight is 397 g/mol. The summed E-state index contributed by atoms with van der Waals surface area (Å²) >= 11 is 0. The van der Waals surface area contributed by atoms with E-state index in [0.717, 1.165) is 25.7 Å². The molecule has 0 aromatic rings. The number of nitrogens with zero attached hydrogens (tertiary/aromatic N) is 1. The van der Waals surface area contributed by atoms with Crippen molar-refractivity contribution in [1.82, 2.24) is 10.2 Å². The predicted molar refractivity (Wildman–Crippen MR) is 118 cm³/mol. The molecule has 164 valence electrons. The van der Waals surface area contributed by atoms with Crippen molar-refractivity contribution in [3.63, 3.8) is 0 Å². The van der Waals surface area contributed by atoms with Gasteiger partial charge in [0.25, 0.3) is 0 Å². The molecule has 0 spiro atoms. The summed E-state index contributed by atoms with van der Waals surface area (Å²) in [5.41, 5.74) is 0. The minimum atomic E-state index is -0.780. The number of amides is 1. The largest absolute Gasteiger partial charge is 0.480 e. The molecule has 0 aliphatic heterocycles. The second kappa shape index (κ2) is 19.0. The molecule has 1 atom stereocenters. The van der Waals surface area contributed by atoms with Crippen LogP contribution < -0.4 is 5.32 Å². The van der Waals surface area contributed by atoms with E-state index in [4.69, 9.17) is 5.11 Å². The molecule has 28 heavy (non-hydrogen) atoms. The zero-order chi connectivity index (χ0) is 21.0. The lowest BCUT2D eigenvalue weighted by Crippen LogP contribution is -2.35. The molecule has 0 aromatic carbocycles. The fraction of sp³-hybridized carbons (Fsp3) is 0.826. The molecule has 2 N–H and O–H groups in total. The Kier molecular flexibility index (Phi) is 18.1. The number of carbonyl (C=O) groups is 2. The molecule has 0 fully saturated rings. The molecule has 5 nitrogen and oxygen atoms in total. The Morgan fingerprint density at radius 1 is 0.893 bits per heavy atom. The summed E-state index contributed by atoms with van der Waals surface area (Å²) in [4.78, 5) is 24.6. The maximum Gasteiger partial charge on any atom is 0.320 e. The van der Waals surface area contributed by atoms with E-state index in [-0.39, 0.29) is 5.91 Å². The van der Waals surface area contributed by atoms with Gasteiger partial charge >= 0.3 is 5.97 Å². The van der Waals surface area contributed by atoms with Gasteiger partial charge in [-0.2, -0.15) is 0 Å². The maximum absolute atomic E-state index is 11.8. The summed E-state index contributed by atoms with van der Waals surface area (Å²) in [6.07, 6.45) is 19.6. The lowest BCUT2D eigenvalue weighted by atomic mass is 10.1. The fourth-order valence-electron chi connectivity index (χ4n) is 3.19. The number of aliphatic carboxylic acids is 1. The van der Waals surface area contributed by atoms with Crippen LogP contribution in [0.25, 0.3) is 0 Å². The minimum absolute atomic E-state index is 0.125. The summed E-state index contributed by atoms with van der Waals surface area (Å²) in [5, 5.41) is 12.1. The zero-order valence-corrected chi connectivity index (χ0v) is 18.5. The van der Waals surface area contributed by atoms with E-state index in [1.807, 2.05) is 0 Å². The molecule has 0 aliphatic rings. The van der Waals surface area contributed by atoms with E-state index in [1.165, 1.54) is 51.4 Å². The second-order valence-electron chi connectivity index (χ2n) is 7.94. The summed E-state index contributed by atoms with van der Waals surface area (Å²) < 4.78 is 0. The number of likely N-dealkylation sites (N-methyl/N-ethyl adjacent to an activating group) is 1. The molecule has 0 radical (unpaired) electrons. The fourth-order valence-corrected chi connectivity index (χ4v) is 3.19. The Morgan fingerprint density at radius 2 is 1.50 bits per heavy atom. The predicted octanol–water partition coefficient (Wildman–Crippen LogP) is 5.15. The Morgan fingerprint density at radius 3 is 2.11 bits per heavy atom. The maximum atomic E-state index is 11.8. The van der Waals surface area contributed by atoms with Crippen molar-refractivity contribution in [2.75, 3.05) is 20.6 Å². The molecule has 0 heterocycles. The van der Waals surface area contributed by atoms with Gasteiger partial charge in [-0.3, -0.25) is 14.5 Å². The number of unbranched alkanes of at least 4 members (excludes halogenated alkanes) is 9. The standard InChI is InChI=1S/C23H44N2O3/c1-4-5-6-7-8-9-10-11-12-13-14-15-19-22(26)24-20-17-16-18-21(23(27)28)25(2)3/h7-8,21H,4-6,9-20H2,1-3H3,(H,24,26)(H,27,28)/b8-7+/t21-/m0/s1. The van der Waals surface area contributed by atoms with E-state index < -0.39 is 12.0 Å². The number of allylic oxidation sites excluding steroid dienone is 2. The van der Waals surface area contributed by atoms with Crippen molar-refractivity contribution in [3.8, 4) is 0 Å². The van der Waals surface area contributed by atoms with Gasteiger partial charge in [0.2, 0.25) is 5.91 Å². The van der Waals surface area contributed by atoms with Crippen LogP contribution in [0, 0.1) is 0 Å². The first-order chi connectivity index (χ1) is 13.5. The lowest BCUT2D eigenvalue weighted by molar-refractivity contribution is -0.142. The highest BCUT2D eigenvalue weighted by Gasteiger charge is 2.18. The highest BCUT2D eigenvalue weighted by molar-refractivity contribution is 5.75. The quantitative estimate of drug-likeness (QED) is 0.234. The van der Waals surface area contributed by atoms with E-state index in [2.05, 4.69) is 24.4 Å². The van der Waals surface area contributed by atoms with Crippen LogP contribution in [0.15, 0.2) is 12.2 Å². The van der Waals surface area contributed by atoms with E-state index in [1.54, 1.807) is 19.0 Å². The third-order valence-corrected chi connectivity index (χ3v) is 5.05. The molecule has 0 rings (SSSR count). The van der Waals surface area contributed by atoms with Gasteiger partial charge in [-0.15, -0.1) is 0 Å². The summed E-state index contributed by atoms with van der Waals surface area (Å²) in [6, 6.07) is -0.437. The smallest absolute Gasteiger partial charge is 0.320 e. The molecule has 0 saturated heterocycles. The topological polar surface area (TPSA) is 69.6 Å². The van der Waals surface area contributed by atoms with Crippen LogP contribution in [-0.4, -0.2) is 48.6 Å². The lowest BCUT2D eigenvalue weighted by Gasteiger charge is -2.19. The Labute approximate surface area is 173 Å². The van der Waals surface area contributed by atoms with Crippen molar-refractivity contribution in [3.05, 3.63) is 12.2 Å². The monoisotopic (exact) mass is 396 g/mol. The Balaban J connectivity index is 3.42. The van der Waals surface area contributed by atoms with Gasteiger partial charge in [-0.25, -0.2) is 0 Å². The van der Waals surface area contributed by atoms with Gasteiger partial charge in [-0.05, 0) is 59.0 Å². The van der Waals surface area contributed by atoms with Crippen LogP contribution in [-0.2, 0) is 9.59 Å². The molecule has 0 aliphatic carbocycles. The van der Waals surface area contributed by atoms with Crippen LogP contribution in [0.1, 0.15) is 96.8 Å². The first kappa shape index (κ1) is 26.6. The first-order valence-electron chi connectivity index (χ1n) is 11.3. The highest BCUT2D eigenvalue weighted by Crippen LogP contribution is 2.10. The number of nitrogens with one attached hydrogen (secondary N) is 1. The normalized spacial score (nSPS) is 12.6. The molecule has 0 unspecified atom stereocenters. The molecule has 0 aromatic heterocycles. The third-order valence-electron chi connectivity index (χ3n) is 5.05. The van der Waals surface area contributed by atoms with E-state index in [9.17, 15) is 9.59 Å². The summed E-state index contributed by atoms with van der Waals surface area (Å²) in [6.45, 7) is 2.87. The first-order valence-corrected chi connectivity index (χ1v) is 11.3. The zero-order valence-electron chi connectivity index (χ0n) is 18.5. The van der Waals surface area contributed by atoms with Crippen LogP contribution in [0.3, 0.4) is 0 Å². The van der Waals surface area contributed by atoms with Gasteiger partial charge in [0, 0.05) is 13.0 Å². The minimum Gasteiger partial charge on any atom is -0.480 e. The van der Waals surface area contributed by atoms with Crippen molar-refractivity contribution >= 4 is 11.9 Å². The van der Waals surface area contributed by atoms with Crippen LogP contribution in [0.4, 0.5) is 0 Å². The molecular weight excluding hydrogens is 352 g/mol. The Hall–Kier alpha value is -1.36. The van der Waals surface area contributed by atoms with Crippen molar-refractivity contribution in [1.29, 1.82) is 0 Å². The van der Waals surface area contributed by atoms with Gasteiger partial charge in [0.15, 0.2) is 0 Å². The van der Waals surface area contributed by atoms with Crippen LogP contribution >= 0.6 is 0 Å². The van der Waals surface area contributed by atoms with E-state index >= 15 is 0 Å². The SMILES string of the molecule is CCCC/C=C/CCCCCCCCC(=O)NCCCC[C@@H](C(=O)O)N(C)C. The summed E-state index contributed by atoms with van der Waals surface area (Å²) in [7, 11) is 3.57. The molecule has 1 amide bonds. The van der Waals surface area contributed by atoms with Gasteiger partial charge < -0.3 is 10.4 Å². The van der Waals surface area contributed by atoms with Gasteiger partial charge in [-0.1, -0.05) is 57.6 Å².